The molecule has 0 fully saturated rings. The lowest BCUT2D eigenvalue weighted by Gasteiger charge is -2.22. The lowest BCUT2D eigenvalue weighted by Crippen LogP contribution is -2.17. The summed E-state index contributed by atoms with van der Waals surface area (Å²) in [4.78, 5) is 0. The molecule has 0 heterocycles. The van der Waals surface area contributed by atoms with Crippen LogP contribution in [-0.2, 0) is 6.42 Å². The predicted octanol–water partition coefficient (Wildman–Crippen LogP) is 2.95. The molecule has 3 heteroatoms. The van der Waals surface area contributed by atoms with Gasteiger partial charge in [-0.1, -0.05) is 12.5 Å². The molecule has 1 atom stereocenters. The highest BCUT2D eigenvalue weighted by Crippen LogP contribution is 2.30. The maximum absolute atomic E-state index is 8.70. The third kappa shape index (κ3) is 4.22. The van der Waals surface area contributed by atoms with Crippen molar-refractivity contribution in [2.45, 2.75) is 51.0 Å². The van der Waals surface area contributed by atoms with Crippen molar-refractivity contribution in [1.82, 2.24) is 0 Å². The fraction of sp³-hybridized carbons (Fsp3) is 0.625. The quantitative estimate of drug-likeness (QED) is 0.744. The number of fused-ring (bicyclic) bond motifs is 1. The number of benzene rings is 1. The van der Waals surface area contributed by atoms with Crippen LogP contribution in [-0.4, -0.2) is 18.3 Å². The second-order valence-corrected chi connectivity index (χ2v) is 5.35. The van der Waals surface area contributed by atoms with Crippen molar-refractivity contribution in [3.63, 3.8) is 0 Å². The predicted molar refractivity (Wildman–Crippen MR) is 77.4 cm³/mol. The number of aliphatic hydroxyl groups is 1. The van der Waals surface area contributed by atoms with Gasteiger partial charge in [-0.15, -0.1) is 0 Å². The Labute approximate surface area is 115 Å². The van der Waals surface area contributed by atoms with E-state index in [0.717, 1.165) is 50.9 Å². The molecule has 0 radical (unpaired) electrons. The molecule has 3 N–H and O–H groups in total. The van der Waals surface area contributed by atoms with Gasteiger partial charge in [-0.3, -0.25) is 0 Å². The molecular weight excluding hydrogens is 238 g/mol. The number of aliphatic hydroxyl groups excluding tert-OH is 1. The van der Waals surface area contributed by atoms with E-state index in [1.807, 2.05) is 0 Å². The summed E-state index contributed by atoms with van der Waals surface area (Å²) in [5, 5.41) is 8.70. The van der Waals surface area contributed by atoms with Gasteiger partial charge in [0.2, 0.25) is 0 Å². The molecule has 0 aliphatic heterocycles. The standard InChI is InChI=1S/C16H25NO2/c17-16-7-5-6-13-8-9-14(12-15(13)16)19-11-4-2-1-3-10-18/h8-9,12,16,18H,1-7,10-11,17H2/t16-/m0/s1. The summed E-state index contributed by atoms with van der Waals surface area (Å²) in [6, 6.07) is 6.52. The van der Waals surface area contributed by atoms with E-state index >= 15 is 0 Å². The first-order chi connectivity index (χ1) is 9.31. The van der Waals surface area contributed by atoms with E-state index in [9.17, 15) is 0 Å². The highest BCUT2D eigenvalue weighted by atomic mass is 16.5. The Bertz CT molecular complexity index is 392. The average Bonchev–Trinajstić information content (AvgIpc) is 2.43. The van der Waals surface area contributed by atoms with Gasteiger partial charge in [0.25, 0.3) is 0 Å². The van der Waals surface area contributed by atoms with Crippen LogP contribution in [0.25, 0.3) is 0 Å². The van der Waals surface area contributed by atoms with Crippen LogP contribution in [0.4, 0.5) is 0 Å². The zero-order valence-electron chi connectivity index (χ0n) is 11.6. The van der Waals surface area contributed by atoms with E-state index in [4.69, 9.17) is 15.6 Å². The van der Waals surface area contributed by atoms with Crippen molar-refractivity contribution in [2.75, 3.05) is 13.2 Å². The Morgan fingerprint density at radius 3 is 2.89 bits per heavy atom. The molecule has 0 bridgehead atoms. The van der Waals surface area contributed by atoms with Gasteiger partial charge < -0.3 is 15.6 Å². The minimum absolute atomic E-state index is 0.178. The number of nitrogens with two attached hydrogens (primary N) is 1. The summed E-state index contributed by atoms with van der Waals surface area (Å²) in [6.45, 7) is 1.04. The van der Waals surface area contributed by atoms with Crippen LogP contribution in [0.5, 0.6) is 5.75 Å². The van der Waals surface area contributed by atoms with Gasteiger partial charge in [0.1, 0.15) is 5.75 Å². The van der Waals surface area contributed by atoms with E-state index in [-0.39, 0.29) is 6.04 Å². The van der Waals surface area contributed by atoms with Crippen LogP contribution >= 0.6 is 0 Å². The number of rotatable bonds is 7. The Morgan fingerprint density at radius 2 is 2.05 bits per heavy atom. The van der Waals surface area contributed by atoms with E-state index in [1.165, 1.54) is 17.5 Å². The van der Waals surface area contributed by atoms with Crippen LogP contribution in [0.15, 0.2) is 18.2 Å². The topological polar surface area (TPSA) is 55.5 Å². The van der Waals surface area contributed by atoms with E-state index < -0.39 is 0 Å². The molecule has 2 rings (SSSR count). The van der Waals surface area contributed by atoms with Crippen molar-refractivity contribution < 1.29 is 9.84 Å². The molecule has 1 aromatic rings. The van der Waals surface area contributed by atoms with Crippen LogP contribution in [0.3, 0.4) is 0 Å². The van der Waals surface area contributed by atoms with Gasteiger partial charge in [0.15, 0.2) is 0 Å². The summed E-state index contributed by atoms with van der Waals surface area (Å²) in [5.74, 6) is 0.943. The third-order valence-electron chi connectivity index (χ3n) is 3.80. The Balaban J connectivity index is 1.79. The highest BCUT2D eigenvalue weighted by molar-refractivity contribution is 5.39. The number of unbranched alkanes of at least 4 members (excludes halogenated alkanes) is 3. The van der Waals surface area contributed by atoms with Gasteiger partial charge in [-0.05, 0) is 61.8 Å². The van der Waals surface area contributed by atoms with Gasteiger partial charge in [-0.2, -0.15) is 0 Å². The second-order valence-electron chi connectivity index (χ2n) is 5.35. The van der Waals surface area contributed by atoms with Gasteiger partial charge in [-0.25, -0.2) is 0 Å². The summed E-state index contributed by atoms with van der Waals surface area (Å²) in [7, 11) is 0. The maximum Gasteiger partial charge on any atom is 0.119 e. The van der Waals surface area contributed by atoms with E-state index in [2.05, 4.69) is 18.2 Å². The Morgan fingerprint density at radius 1 is 1.21 bits per heavy atom. The summed E-state index contributed by atoms with van der Waals surface area (Å²) >= 11 is 0. The molecule has 19 heavy (non-hydrogen) atoms. The van der Waals surface area contributed by atoms with Gasteiger partial charge >= 0.3 is 0 Å². The zero-order chi connectivity index (χ0) is 13.5. The molecule has 3 nitrogen and oxygen atoms in total. The monoisotopic (exact) mass is 263 g/mol. The fourth-order valence-electron chi connectivity index (χ4n) is 2.66. The summed E-state index contributed by atoms with van der Waals surface area (Å²) < 4.78 is 5.78. The van der Waals surface area contributed by atoms with Crippen LogP contribution in [0.1, 0.15) is 55.7 Å². The van der Waals surface area contributed by atoms with E-state index in [1.54, 1.807) is 0 Å². The molecular formula is C16H25NO2. The molecule has 0 aromatic heterocycles. The maximum atomic E-state index is 8.70. The summed E-state index contributed by atoms with van der Waals surface area (Å²) in [6.07, 6.45) is 7.55. The minimum atomic E-state index is 0.178. The van der Waals surface area contributed by atoms with Crippen molar-refractivity contribution in [2.24, 2.45) is 5.73 Å². The number of aryl methyl sites for hydroxylation is 1. The van der Waals surface area contributed by atoms with Gasteiger partial charge in [0, 0.05) is 12.6 Å². The van der Waals surface area contributed by atoms with Crippen LogP contribution in [0.2, 0.25) is 0 Å². The first-order valence-electron chi connectivity index (χ1n) is 7.43. The molecule has 0 saturated heterocycles. The van der Waals surface area contributed by atoms with E-state index in [0.29, 0.717) is 6.61 Å². The van der Waals surface area contributed by atoms with Crippen molar-refractivity contribution in [3.8, 4) is 5.75 Å². The number of ether oxygens (including phenoxy) is 1. The lowest BCUT2D eigenvalue weighted by atomic mass is 9.88. The fourth-order valence-corrected chi connectivity index (χ4v) is 2.66. The minimum Gasteiger partial charge on any atom is -0.494 e. The summed E-state index contributed by atoms with van der Waals surface area (Å²) in [5.41, 5.74) is 8.80. The molecule has 106 valence electrons. The van der Waals surface area contributed by atoms with Crippen molar-refractivity contribution in [1.29, 1.82) is 0 Å². The van der Waals surface area contributed by atoms with Crippen molar-refractivity contribution in [3.05, 3.63) is 29.3 Å². The molecule has 1 aliphatic carbocycles. The smallest absolute Gasteiger partial charge is 0.119 e. The van der Waals surface area contributed by atoms with Crippen molar-refractivity contribution >= 4 is 0 Å². The van der Waals surface area contributed by atoms with Crippen LogP contribution in [0, 0.1) is 0 Å². The van der Waals surface area contributed by atoms with Crippen LogP contribution < -0.4 is 10.5 Å². The normalized spacial score (nSPS) is 18.1. The Kier molecular flexibility index (Phi) is 5.67. The molecule has 0 saturated carbocycles. The number of hydrogen-bond donors (Lipinski definition) is 2. The first-order valence-corrected chi connectivity index (χ1v) is 7.43. The zero-order valence-corrected chi connectivity index (χ0v) is 11.6. The second kappa shape index (κ2) is 7.51. The lowest BCUT2D eigenvalue weighted by molar-refractivity contribution is 0.273. The molecule has 1 aromatic carbocycles. The first kappa shape index (κ1) is 14.4. The highest BCUT2D eigenvalue weighted by Gasteiger charge is 2.17. The largest absolute Gasteiger partial charge is 0.494 e. The SMILES string of the molecule is N[C@H]1CCCc2ccc(OCCCCCCO)cc21. The number of hydrogen-bond acceptors (Lipinski definition) is 3. The molecule has 0 amide bonds. The molecule has 0 spiro atoms. The molecule has 0 unspecified atom stereocenters. The molecule has 1 aliphatic rings. The average molecular weight is 263 g/mol. The Hall–Kier alpha value is -1.06. The van der Waals surface area contributed by atoms with Gasteiger partial charge in [0.05, 0.1) is 6.61 Å². The third-order valence-corrected chi connectivity index (χ3v) is 3.80.